The summed E-state index contributed by atoms with van der Waals surface area (Å²) in [5, 5.41) is 5.45. The zero-order valence-corrected chi connectivity index (χ0v) is 35.4. The summed E-state index contributed by atoms with van der Waals surface area (Å²) in [4.78, 5) is 82.3. The molecule has 0 saturated carbocycles. The summed E-state index contributed by atoms with van der Waals surface area (Å²) in [7, 11) is 1.28. The molecule has 0 spiro atoms. The second-order valence-corrected chi connectivity index (χ2v) is 16.1. The molecule has 0 radical (unpaired) electrons. The molecule has 2 aliphatic heterocycles. The van der Waals surface area contributed by atoms with Crippen molar-refractivity contribution in [2.75, 3.05) is 20.2 Å². The molecule has 324 valence electrons. The zero-order chi connectivity index (χ0) is 43.9. The smallest absolute Gasteiger partial charge is 0.407 e. The number of nitrogens with two attached hydrogens (primary N) is 1. The molecule has 4 heterocycles. The number of carbonyl (C=O) groups excluding carboxylic acids is 5. The molecular weight excluding hydrogens is 791 g/mol. The fourth-order valence-electron chi connectivity index (χ4n) is 8.24. The van der Waals surface area contributed by atoms with Crippen molar-refractivity contribution >= 4 is 29.9 Å². The summed E-state index contributed by atoms with van der Waals surface area (Å²) in [5.41, 5.74) is 12.7. The predicted molar refractivity (Wildman–Crippen MR) is 231 cm³/mol. The first-order valence-corrected chi connectivity index (χ1v) is 20.9. The number of aromatic amines is 2. The van der Waals surface area contributed by atoms with Crippen molar-refractivity contribution in [1.29, 1.82) is 0 Å². The Labute approximate surface area is 360 Å². The van der Waals surface area contributed by atoms with Crippen LogP contribution in [0.3, 0.4) is 0 Å². The molecule has 3 aromatic carbocycles. The molecule has 16 heteroatoms. The van der Waals surface area contributed by atoms with Crippen LogP contribution in [-0.2, 0) is 36.8 Å². The van der Waals surface area contributed by atoms with E-state index in [1.807, 2.05) is 74.5 Å². The number of benzene rings is 3. The summed E-state index contributed by atoms with van der Waals surface area (Å²) in [5.74, 6) is 0.622. The zero-order valence-electron chi connectivity index (χ0n) is 35.4. The van der Waals surface area contributed by atoms with Gasteiger partial charge in [0.05, 0.1) is 43.0 Å². The molecule has 5 aromatic rings. The van der Waals surface area contributed by atoms with Gasteiger partial charge in [0.2, 0.25) is 11.8 Å². The Kier molecular flexibility index (Phi) is 13.3. The molecule has 4 atom stereocenters. The van der Waals surface area contributed by atoms with E-state index in [4.69, 9.17) is 15.2 Å². The lowest BCUT2D eigenvalue weighted by Crippen LogP contribution is -2.51. The topological polar surface area (TPSA) is 218 Å². The molecule has 0 bridgehead atoms. The molecule has 0 aliphatic carbocycles. The van der Waals surface area contributed by atoms with Crippen molar-refractivity contribution in [1.82, 2.24) is 40.4 Å². The van der Waals surface area contributed by atoms with Gasteiger partial charge in [-0.1, -0.05) is 86.6 Å². The van der Waals surface area contributed by atoms with Gasteiger partial charge in [-0.15, -0.1) is 0 Å². The molecular formula is C46H53N9O7. The number of aromatic nitrogens is 4. The minimum absolute atomic E-state index is 0.117. The second kappa shape index (κ2) is 19.2. The summed E-state index contributed by atoms with van der Waals surface area (Å²) < 4.78 is 10.1. The molecule has 2 aromatic heterocycles. The number of rotatable bonds is 14. The number of nitrogens with zero attached hydrogens (tertiary/aromatic N) is 4. The third-order valence-electron chi connectivity index (χ3n) is 11.5. The van der Waals surface area contributed by atoms with Gasteiger partial charge in [0.25, 0.3) is 5.91 Å². The highest BCUT2D eigenvalue weighted by Gasteiger charge is 2.39. The van der Waals surface area contributed by atoms with Crippen LogP contribution < -0.4 is 16.4 Å². The molecule has 2 aliphatic rings. The second-order valence-electron chi connectivity index (χ2n) is 16.1. The van der Waals surface area contributed by atoms with Crippen LogP contribution in [0, 0.1) is 5.92 Å². The highest BCUT2D eigenvalue weighted by molar-refractivity contribution is 5.86. The number of likely N-dealkylation sites (tertiary alicyclic amines) is 2. The number of ether oxygens (including phenoxy) is 2. The Morgan fingerprint density at radius 2 is 1.23 bits per heavy atom. The number of hydrogen-bond donors (Lipinski definition) is 5. The van der Waals surface area contributed by atoms with Crippen LogP contribution in [0.5, 0.6) is 0 Å². The van der Waals surface area contributed by atoms with Gasteiger partial charge in [0.15, 0.2) is 6.10 Å². The molecule has 1 unspecified atom stereocenters. The number of primary amides is 1. The predicted octanol–water partition coefficient (Wildman–Crippen LogP) is 6.18. The van der Waals surface area contributed by atoms with Crippen LogP contribution in [0.4, 0.5) is 9.59 Å². The Morgan fingerprint density at radius 3 is 1.69 bits per heavy atom. The van der Waals surface area contributed by atoms with E-state index in [0.717, 1.165) is 64.0 Å². The summed E-state index contributed by atoms with van der Waals surface area (Å²) in [6.45, 7) is 6.70. The number of nitrogens with one attached hydrogen (secondary N) is 4. The van der Waals surface area contributed by atoms with Crippen LogP contribution in [0.25, 0.3) is 33.6 Å². The van der Waals surface area contributed by atoms with Crippen LogP contribution in [0.1, 0.15) is 81.3 Å². The van der Waals surface area contributed by atoms with Crippen molar-refractivity contribution < 1.29 is 33.4 Å². The number of carbonyl (C=O) groups is 5. The minimum atomic E-state index is -1.11. The average Bonchev–Trinajstić information content (AvgIpc) is 4.12. The van der Waals surface area contributed by atoms with E-state index in [1.54, 1.807) is 22.2 Å². The average molecular weight is 844 g/mol. The quantitative estimate of drug-likeness (QED) is 0.0861. The van der Waals surface area contributed by atoms with Gasteiger partial charge in [-0.05, 0) is 65.0 Å². The normalized spacial score (nSPS) is 17.1. The van der Waals surface area contributed by atoms with Gasteiger partial charge in [-0.25, -0.2) is 19.6 Å². The lowest BCUT2D eigenvalue weighted by atomic mass is 10.0. The Bertz CT molecular complexity index is 2370. The van der Waals surface area contributed by atoms with Crippen LogP contribution >= 0.6 is 0 Å². The van der Waals surface area contributed by atoms with Gasteiger partial charge in [-0.3, -0.25) is 14.4 Å². The maximum absolute atomic E-state index is 13.9. The first-order chi connectivity index (χ1) is 29.9. The Morgan fingerprint density at radius 1 is 0.742 bits per heavy atom. The van der Waals surface area contributed by atoms with Gasteiger partial charge in [0.1, 0.15) is 17.7 Å². The highest BCUT2D eigenvalue weighted by atomic mass is 16.6. The molecule has 2 saturated heterocycles. The number of methoxy groups -OCH3 is 1. The van der Waals surface area contributed by atoms with Crippen molar-refractivity contribution in [3.8, 4) is 33.6 Å². The van der Waals surface area contributed by atoms with E-state index >= 15 is 0 Å². The van der Waals surface area contributed by atoms with E-state index in [9.17, 15) is 24.0 Å². The van der Waals surface area contributed by atoms with Gasteiger partial charge in [0, 0.05) is 33.0 Å². The van der Waals surface area contributed by atoms with Gasteiger partial charge >= 0.3 is 12.2 Å². The molecule has 62 heavy (non-hydrogen) atoms. The number of H-pyrrole nitrogens is 2. The largest absolute Gasteiger partial charge is 0.453 e. The maximum atomic E-state index is 13.9. The van der Waals surface area contributed by atoms with Crippen LogP contribution in [0.2, 0.25) is 0 Å². The first kappa shape index (κ1) is 43.1. The number of hydrogen-bond acceptors (Lipinski definition) is 9. The first-order valence-electron chi connectivity index (χ1n) is 20.9. The van der Waals surface area contributed by atoms with E-state index in [2.05, 4.69) is 42.7 Å². The van der Waals surface area contributed by atoms with E-state index in [-0.39, 0.29) is 42.1 Å². The number of amides is 5. The van der Waals surface area contributed by atoms with Crippen LogP contribution in [-0.4, -0.2) is 92.0 Å². The SMILES string of the molecule is COC(=O)N[C@H](C(=O)N1CCCC1c1ncc(-c2ccc(-c3ccc(-c4cnc([C@@H]5CCCN5C(=O)[C@H](Cc5ccc(CNC(C)=O)cc5)OC(N)=O)[nH]4)cc3)cc2)[nH]1)C(C)C. The van der Waals surface area contributed by atoms with Crippen molar-refractivity contribution in [3.05, 3.63) is 108 Å². The highest BCUT2D eigenvalue weighted by Crippen LogP contribution is 2.35. The summed E-state index contributed by atoms with van der Waals surface area (Å²) in [6, 6.07) is 22.5. The fraction of sp³-hybridized carbons (Fsp3) is 0.370. The molecule has 2 fully saturated rings. The molecule has 7 rings (SSSR count). The van der Waals surface area contributed by atoms with Crippen molar-refractivity contribution in [3.63, 3.8) is 0 Å². The lowest BCUT2D eigenvalue weighted by molar-refractivity contribution is -0.141. The van der Waals surface area contributed by atoms with Crippen LogP contribution in [0.15, 0.2) is 85.2 Å². The van der Waals surface area contributed by atoms with E-state index in [1.165, 1.54) is 14.0 Å². The van der Waals surface area contributed by atoms with Crippen molar-refractivity contribution in [2.24, 2.45) is 11.7 Å². The molecule has 16 nitrogen and oxygen atoms in total. The summed E-state index contributed by atoms with van der Waals surface area (Å²) in [6.07, 6.45) is 4.00. The maximum Gasteiger partial charge on any atom is 0.407 e. The minimum Gasteiger partial charge on any atom is -0.453 e. The summed E-state index contributed by atoms with van der Waals surface area (Å²) >= 11 is 0. The fourth-order valence-corrected chi connectivity index (χ4v) is 8.24. The van der Waals surface area contributed by atoms with E-state index in [0.29, 0.717) is 37.7 Å². The number of imidazole rings is 2. The third kappa shape index (κ3) is 9.96. The Hall–Kier alpha value is -6.97. The monoisotopic (exact) mass is 843 g/mol. The Balaban J connectivity index is 0.984. The van der Waals surface area contributed by atoms with E-state index < -0.39 is 24.3 Å². The standard InChI is InChI=1S/C46H53N9O7/c1-27(2)40(53-46(60)61-4)44(58)55-22-6-8-38(55)42-50-26-36(52-42)34-19-15-32(16-20-34)31-13-17-33(18-14-31)35-25-49-41(51-35)37-7-5-21-54(37)43(57)39(62-45(47)59)23-29-9-11-30(12-10-29)24-48-28(3)56/h9-20,25-27,37-40H,5-8,21-24H2,1-4H3,(H2,47,59)(H,48,56)(H,49,51)(H,50,52)(H,53,60)/t37-,38?,39-,40-/m0/s1. The van der Waals surface area contributed by atoms with Gasteiger partial charge in [-0.2, -0.15) is 0 Å². The van der Waals surface area contributed by atoms with Gasteiger partial charge < -0.3 is 45.6 Å². The molecule has 6 N–H and O–H groups in total. The number of alkyl carbamates (subject to hydrolysis) is 1. The van der Waals surface area contributed by atoms with Crippen molar-refractivity contribution in [2.45, 2.75) is 83.6 Å². The third-order valence-corrected chi connectivity index (χ3v) is 11.5. The lowest BCUT2D eigenvalue weighted by Gasteiger charge is -2.30. The molecule has 5 amide bonds.